The van der Waals surface area contributed by atoms with Crippen LogP contribution in [-0.4, -0.2) is 5.17 Å². The summed E-state index contributed by atoms with van der Waals surface area (Å²) in [6.45, 7) is 3.75. The van der Waals surface area contributed by atoms with E-state index in [1.54, 1.807) is 6.07 Å². The van der Waals surface area contributed by atoms with Gasteiger partial charge in [0.05, 0.1) is 0 Å². The maximum Gasteiger partial charge on any atom is 0.159 e. The van der Waals surface area contributed by atoms with Gasteiger partial charge in [-0.25, -0.2) is 9.38 Å². The van der Waals surface area contributed by atoms with Crippen molar-refractivity contribution < 1.29 is 4.39 Å². The average molecular weight is 251 g/mol. The molecule has 0 saturated heterocycles. The van der Waals surface area contributed by atoms with Crippen LogP contribution in [0, 0.1) is 5.82 Å². The molecule has 90 valence electrons. The summed E-state index contributed by atoms with van der Waals surface area (Å²) in [6, 6.07) is 4.49. The molecule has 0 fully saturated rings. The molecule has 0 amide bonds. The molecule has 5 heteroatoms. The molecule has 0 radical (unpaired) electrons. The second kappa shape index (κ2) is 4.07. The number of thioether (sulfide) groups is 1. The van der Waals surface area contributed by atoms with Crippen LogP contribution >= 0.6 is 11.8 Å². The van der Waals surface area contributed by atoms with E-state index in [1.807, 2.05) is 19.9 Å². The number of nitrogens with two attached hydrogens (primary N) is 2. The van der Waals surface area contributed by atoms with Gasteiger partial charge in [-0.1, -0.05) is 11.8 Å². The summed E-state index contributed by atoms with van der Waals surface area (Å²) >= 11 is 1.38. The summed E-state index contributed by atoms with van der Waals surface area (Å²) in [6.07, 6.45) is 1.89. The molecule has 1 heterocycles. The Hall–Kier alpha value is -1.49. The molecule has 1 aliphatic heterocycles. The van der Waals surface area contributed by atoms with E-state index >= 15 is 0 Å². The van der Waals surface area contributed by atoms with Gasteiger partial charge in [-0.3, -0.25) is 0 Å². The van der Waals surface area contributed by atoms with E-state index in [0.29, 0.717) is 16.4 Å². The van der Waals surface area contributed by atoms with Crippen LogP contribution in [0.5, 0.6) is 0 Å². The first-order valence-electron chi connectivity index (χ1n) is 5.19. The molecule has 2 rings (SSSR count). The van der Waals surface area contributed by atoms with Crippen molar-refractivity contribution in [3.63, 3.8) is 0 Å². The Labute approximate surface area is 104 Å². The molecule has 17 heavy (non-hydrogen) atoms. The molecule has 0 aromatic heterocycles. The Balaban J connectivity index is 2.58. The average Bonchev–Trinajstić information content (AvgIpc) is 2.19. The van der Waals surface area contributed by atoms with Crippen LogP contribution in [-0.2, 0) is 5.54 Å². The molecule has 0 bridgehead atoms. The summed E-state index contributed by atoms with van der Waals surface area (Å²) in [5.74, 6) is -0.325. The predicted octanol–water partition coefficient (Wildman–Crippen LogP) is 2.59. The third-order valence-corrected chi connectivity index (χ3v) is 3.37. The van der Waals surface area contributed by atoms with Crippen molar-refractivity contribution in [1.29, 1.82) is 0 Å². The molecule has 0 spiro atoms. The Morgan fingerprint density at radius 3 is 2.71 bits per heavy atom. The summed E-state index contributed by atoms with van der Waals surface area (Å²) < 4.78 is 13.9. The van der Waals surface area contributed by atoms with Gasteiger partial charge in [-0.05, 0) is 43.0 Å². The molecule has 0 aliphatic carbocycles. The van der Waals surface area contributed by atoms with E-state index in [9.17, 15) is 4.39 Å². The van der Waals surface area contributed by atoms with Crippen LogP contribution < -0.4 is 11.5 Å². The largest absolute Gasteiger partial charge is 0.399 e. The quantitative estimate of drug-likeness (QED) is 0.754. The molecule has 0 saturated carbocycles. The standard InChI is InChI=1S/C12H14FN3S/c1-7-6-12(2,16-11(15)17-7)9-5-8(14)3-4-10(9)13/h3-6H,14H2,1-2H3,(H2,15,16). The summed E-state index contributed by atoms with van der Waals surface area (Å²) in [5.41, 5.74) is 11.6. The maximum absolute atomic E-state index is 13.9. The van der Waals surface area contributed by atoms with Crippen LogP contribution in [0.1, 0.15) is 19.4 Å². The van der Waals surface area contributed by atoms with Crippen LogP contribution in [0.4, 0.5) is 10.1 Å². The minimum Gasteiger partial charge on any atom is -0.399 e. The fourth-order valence-electron chi connectivity index (χ4n) is 1.94. The second-order valence-corrected chi connectivity index (χ2v) is 5.46. The highest BCUT2D eigenvalue weighted by molar-refractivity contribution is 8.17. The number of rotatable bonds is 1. The molecule has 1 aromatic carbocycles. The maximum atomic E-state index is 13.9. The Morgan fingerprint density at radius 1 is 1.35 bits per heavy atom. The van der Waals surface area contributed by atoms with E-state index in [0.717, 1.165) is 4.91 Å². The first kappa shape index (κ1) is 12.0. The number of hydrogen-bond donors (Lipinski definition) is 2. The number of nitrogens with zero attached hydrogens (tertiary/aromatic N) is 1. The lowest BCUT2D eigenvalue weighted by atomic mass is 9.91. The summed E-state index contributed by atoms with van der Waals surface area (Å²) in [4.78, 5) is 5.32. The van der Waals surface area contributed by atoms with Gasteiger partial charge < -0.3 is 11.5 Å². The van der Waals surface area contributed by atoms with Crippen LogP contribution in [0.15, 0.2) is 34.2 Å². The van der Waals surface area contributed by atoms with Crippen LogP contribution in [0.2, 0.25) is 0 Å². The zero-order chi connectivity index (χ0) is 12.6. The van der Waals surface area contributed by atoms with Gasteiger partial charge in [0.1, 0.15) is 11.4 Å². The number of amidine groups is 1. The van der Waals surface area contributed by atoms with Crippen LogP contribution in [0.3, 0.4) is 0 Å². The van der Waals surface area contributed by atoms with Crippen molar-refractivity contribution in [3.05, 3.63) is 40.6 Å². The highest BCUT2D eigenvalue weighted by atomic mass is 32.2. The normalized spacial score (nSPS) is 24.2. The Kier molecular flexibility index (Phi) is 2.87. The number of nitrogen functional groups attached to an aromatic ring is 1. The van der Waals surface area contributed by atoms with Crippen LogP contribution in [0.25, 0.3) is 0 Å². The summed E-state index contributed by atoms with van der Waals surface area (Å²) in [7, 11) is 0. The fraction of sp³-hybridized carbons (Fsp3) is 0.250. The first-order valence-corrected chi connectivity index (χ1v) is 6.00. The summed E-state index contributed by atoms with van der Waals surface area (Å²) in [5, 5.41) is 0.439. The fourth-order valence-corrected chi connectivity index (χ4v) is 2.80. The first-order chi connectivity index (χ1) is 7.90. The number of halogens is 1. The van der Waals surface area contributed by atoms with Crippen molar-refractivity contribution in [2.75, 3.05) is 5.73 Å². The SMILES string of the molecule is CC1=CC(C)(c2cc(N)ccc2F)N=C(N)S1. The number of anilines is 1. The predicted molar refractivity (Wildman–Crippen MR) is 71.1 cm³/mol. The van der Waals surface area contributed by atoms with Crippen molar-refractivity contribution >= 4 is 22.6 Å². The Bertz CT molecular complexity index is 504. The van der Waals surface area contributed by atoms with Gasteiger partial charge >= 0.3 is 0 Å². The minimum atomic E-state index is -0.779. The van der Waals surface area contributed by atoms with Gasteiger partial charge in [-0.15, -0.1) is 0 Å². The number of aliphatic imine (C=N–C) groups is 1. The van der Waals surface area contributed by atoms with Gasteiger partial charge in [0.25, 0.3) is 0 Å². The van der Waals surface area contributed by atoms with Gasteiger partial charge in [-0.2, -0.15) is 0 Å². The Morgan fingerprint density at radius 2 is 2.06 bits per heavy atom. The van der Waals surface area contributed by atoms with Crippen molar-refractivity contribution in [1.82, 2.24) is 0 Å². The smallest absolute Gasteiger partial charge is 0.159 e. The molecular weight excluding hydrogens is 237 g/mol. The molecule has 1 aliphatic rings. The zero-order valence-electron chi connectivity index (χ0n) is 9.70. The van der Waals surface area contributed by atoms with E-state index in [1.165, 1.54) is 23.9 Å². The van der Waals surface area contributed by atoms with E-state index in [-0.39, 0.29) is 5.82 Å². The highest BCUT2D eigenvalue weighted by Gasteiger charge is 2.30. The number of allylic oxidation sites excluding steroid dienone is 1. The van der Waals surface area contributed by atoms with E-state index in [4.69, 9.17) is 11.5 Å². The number of benzene rings is 1. The van der Waals surface area contributed by atoms with Gasteiger partial charge in [0.2, 0.25) is 0 Å². The molecule has 1 unspecified atom stereocenters. The lowest BCUT2D eigenvalue weighted by Crippen LogP contribution is -2.26. The molecular formula is C12H14FN3S. The topological polar surface area (TPSA) is 64.4 Å². The zero-order valence-corrected chi connectivity index (χ0v) is 10.5. The monoisotopic (exact) mass is 251 g/mol. The van der Waals surface area contributed by atoms with E-state index < -0.39 is 5.54 Å². The molecule has 1 atom stereocenters. The van der Waals surface area contributed by atoms with Crippen molar-refractivity contribution in [3.8, 4) is 0 Å². The molecule has 1 aromatic rings. The van der Waals surface area contributed by atoms with Gasteiger partial charge in [0.15, 0.2) is 5.17 Å². The molecule has 4 N–H and O–H groups in total. The van der Waals surface area contributed by atoms with Crippen molar-refractivity contribution in [2.45, 2.75) is 19.4 Å². The van der Waals surface area contributed by atoms with E-state index in [2.05, 4.69) is 4.99 Å². The number of hydrogen-bond acceptors (Lipinski definition) is 4. The van der Waals surface area contributed by atoms with Crippen molar-refractivity contribution in [2.24, 2.45) is 10.7 Å². The molecule has 3 nitrogen and oxygen atoms in total. The third-order valence-electron chi connectivity index (χ3n) is 2.63. The second-order valence-electron chi connectivity index (χ2n) is 4.19. The van der Waals surface area contributed by atoms with Gasteiger partial charge in [0, 0.05) is 11.3 Å². The third kappa shape index (κ3) is 2.29. The minimum absolute atomic E-state index is 0.325. The highest BCUT2D eigenvalue weighted by Crippen LogP contribution is 2.37. The lowest BCUT2D eigenvalue weighted by Gasteiger charge is -2.27. The lowest BCUT2D eigenvalue weighted by molar-refractivity contribution is 0.545.